The highest BCUT2D eigenvalue weighted by Crippen LogP contribution is 2.25. The SMILES string of the molecule is CCc1ccc(NC(=O)NCCN(C(=O)Nc2cccc(C)c2)c2ccc(Oc3ccccc3)cc2)cc1. The molecular weight excluding hydrogens is 476 g/mol. The van der Waals surface area contributed by atoms with Crippen LogP contribution in [0.15, 0.2) is 103 Å². The third kappa shape index (κ3) is 7.61. The van der Waals surface area contributed by atoms with Crippen LogP contribution in [0.5, 0.6) is 11.5 Å². The molecule has 0 aliphatic rings. The van der Waals surface area contributed by atoms with Gasteiger partial charge in [-0.25, -0.2) is 9.59 Å². The number of nitrogens with one attached hydrogen (secondary N) is 3. The second-order valence-corrected chi connectivity index (χ2v) is 8.79. The van der Waals surface area contributed by atoms with Crippen LogP contribution in [0.4, 0.5) is 26.7 Å². The van der Waals surface area contributed by atoms with E-state index in [1.54, 1.807) is 4.90 Å². The van der Waals surface area contributed by atoms with Gasteiger partial charge >= 0.3 is 12.1 Å². The van der Waals surface area contributed by atoms with Crippen molar-refractivity contribution in [3.8, 4) is 11.5 Å². The van der Waals surface area contributed by atoms with Crippen LogP contribution >= 0.6 is 0 Å². The van der Waals surface area contributed by atoms with Gasteiger partial charge in [0.25, 0.3) is 0 Å². The number of benzene rings is 4. The highest BCUT2D eigenvalue weighted by Gasteiger charge is 2.17. The largest absolute Gasteiger partial charge is 0.457 e. The molecule has 7 heteroatoms. The van der Waals surface area contributed by atoms with Gasteiger partial charge in [0, 0.05) is 30.2 Å². The Morgan fingerprint density at radius 1 is 0.763 bits per heavy atom. The highest BCUT2D eigenvalue weighted by atomic mass is 16.5. The fraction of sp³-hybridized carbons (Fsp3) is 0.161. The van der Waals surface area contributed by atoms with Gasteiger partial charge in [0.2, 0.25) is 0 Å². The first-order chi connectivity index (χ1) is 18.5. The fourth-order valence-corrected chi connectivity index (χ4v) is 3.86. The standard InChI is InChI=1S/C31H32N4O3/c1-3-24-12-14-25(15-13-24)33-30(36)32-20-21-35(31(37)34-26-9-7-8-23(2)22-26)27-16-18-29(19-17-27)38-28-10-5-4-6-11-28/h4-19,22H,3,20-21H2,1-2H3,(H,34,37)(H2,32,33,36). The number of carbonyl (C=O) groups is 2. The van der Waals surface area contributed by atoms with Gasteiger partial charge in [-0.05, 0) is 85.1 Å². The van der Waals surface area contributed by atoms with Crippen molar-refractivity contribution < 1.29 is 14.3 Å². The van der Waals surface area contributed by atoms with Crippen LogP contribution in [0, 0.1) is 6.92 Å². The Morgan fingerprint density at radius 2 is 1.47 bits per heavy atom. The average molecular weight is 509 g/mol. The van der Waals surface area contributed by atoms with Crippen molar-refractivity contribution in [1.82, 2.24) is 5.32 Å². The molecular formula is C31H32N4O3. The monoisotopic (exact) mass is 508 g/mol. The Balaban J connectivity index is 1.42. The number of hydrogen-bond acceptors (Lipinski definition) is 3. The van der Waals surface area contributed by atoms with Crippen LogP contribution in [-0.2, 0) is 6.42 Å². The zero-order valence-corrected chi connectivity index (χ0v) is 21.6. The summed E-state index contributed by atoms with van der Waals surface area (Å²) in [4.78, 5) is 27.3. The third-order valence-corrected chi connectivity index (χ3v) is 5.88. The first-order valence-electron chi connectivity index (χ1n) is 12.6. The Hall–Kier alpha value is -4.78. The number of amides is 4. The van der Waals surface area contributed by atoms with E-state index in [0.29, 0.717) is 22.8 Å². The summed E-state index contributed by atoms with van der Waals surface area (Å²) in [7, 11) is 0. The summed E-state index contributed by atoms with van der Waals surface area (Å²) in [6.07, 6.45) is 0.937. The number of urea groups is 2. The van der Waals surface area contributed by atoms with Crippen molar-refractivity contribution in [1.29, 1.82) is 0 Å². The lowest BCUT2D eigenvalue weighted by atomic mass is 10.1. The van der Waals surface area contributed by atoms with Gasteiger partial charge in [0.1, 0.15) is 11.5 Å². The minimum atomic E-state index is -0.333. The molecule has 0 aliphatic carbocycles. The van der Waals surface area contributed by atoms with E-state index in [2.05, 4.69) is 22.9 Å². The zero-order chi connectivity index (χ0) is 26.7. The maximum Gasteiger partial charge on any atom is 0.326 e. The Labute approximate surface area is 223 Å². The van der Waals surface area contributed by atoms with Crippen molar-refractivity contribution in [2.24, 2.45) is 0 Å². The lowest BCUT2D eigenvalue weighted by Gasteiger charge is -2.24. The summed E-state index contributed by atoms with van der Waals surface area (Å²) in [6.45, 7) is 4.57. The van der Waals surface area contributed by atoms with Gasteiger partial charge in [0.05, 0.1) is 0 Å². The predicted molar refractivity (Wildman–Crippen MR) is 153 cm³/mol. The molecule has 0 heterocycles. The molecule has 0 bridgehead atoms. The topological polar surface area (TPSA) is 82.7 Å². The second-order valence-electron chi connectivity index (χ2n) is 8.79. The molecule has 0 saturated heterocycles. The number of hydrogen-bond donors (Lipinski definition) is 3. The number of carbonyl (C=O) groups excluding carboxylic acids is 2. The van der Waals surface area contributed by atoms with Crippen LogP contribution in [0.2, 0.25) is 0 Å². The summed E-state index contributed by atoms with van der Waals surface area (Å²) < 4.78 is 5.88. The minimum Gasteiger partial charge on any atom is -0.457 e. The number of para-hydroxylation sites is 1. The third-order valence-electron chi connectivity index (χ3n) is 5.88. The molecule has 0 saturated carbocycles. The van der Waals surface area contributed by atoms with Crippen molar-refractivity contribution in [3.05, 3.63) is 114 Å². The van der Waals surface area contributed by atoms with E-state index in [1.165, 1.54) is 5.56 Å². The zero-order valence-electron chi connectivity index (χ0n) is 21.6. The maximum atomic E-state index is 13.3. The molecule has 0 aromatic heterocycles. The van der Waals surface area contributed by atoms with Crippen LogP contribution in [-0.4, -0.2) is 25.2 Å². The van der Waals surface area contributed by atoms with Gasteiger partial charge in [-0.1, -0.05) is 49.4 Å². The summed E-state index contributed by atoms with van der Waals surface area (Å²) in [5.74, 6) is 1.39. The number of aryl methyl sites for hydroxylation is 2. The molecule has 4 rings (SSSR count). The predicted octanol–water partition coefficient (Wildman–Crippen LogP) is 7.21. The average Bonchev–Trinajstić information content (AvgIpc) is 2.93. The normalized spacial score (nSPS) is 10.4. The summed E-state index contributed by atoms with van der Waals surface area (Å²) in [5.41, 5.74) is 4.33. The lowest BCUT2D eigenvalue weighted by Crippen LogP contribution is -2.42. The molecule has 0 unspecified atom stereocenters. The van der Waals surface area contributed by atoms with Crippen LogP contribution < -0.4 is 25.6 Å². The molecule has 0 atom stereocenters. The number of anilines is 3. The Bertz CT molecular complexity index is 1340. The van der Waals surface area contributed by atoms with Gasteiger partial charge in [0.15, 0.2) is 0 Å². The number of nitrogens with zero attached hydrogens (tertiary/aromatic N) is 1. The van der Waals surface area contributed by atoms with E-state index in [1.807, 2.05) is 110 Å². The van der Waals surface area contributed by atoms with Crippen LogP contribution in [0.25, 0.3) is 0 Å². The van der Waals surface area contributed by atoms with E-state index in [0.717, 1.165) is 17.7 Å². The minimum absolute atomic E-state index is 0.252. The van der Waals surface area contributed by atoms with Gasteiger partial charge in [-0.15, -0.1) is 0 Å². The van der Waals surface area contributed by atoms with E-state index in [4.69, 9.17) is 4.74 Å². The van der Waals surface area contributed by atoms with Gasteiger partial charge in [-0.2, -0.15) is 0 Å². The number of rotatable bonds is 9. The lowest BCUT2D eigenvalue weighted by molar-refractivity contribution is 0.250. The molecule has 4 aromatic rings. The quantitative estimate of drug-likeness (QED) is 0.223. The van der Waals surface area contributed by atoms with E-state index in [9.17, 15) is 9.59 Å². The van der Waals surface area contributed by atoms with Crippen molar-refractivity contribution >= 4 is 29.1 Å². The van der Waals surface area contributed by atoms with Crippen molar-refractivity contribution in [2.75, 3.05) is 28.6 Å². The smallest absolute Gasteiger partial charge is 0.326 e. The van der Waals surface area contributed by atoms with Crippen LogP contribution in [0.3, 0.4) is 0 Å². The first-order valence-corrected chi connectivity index (χ1v) is 12.6. The van der Waals surface area contributed by atoms with E-state index >= 15 is 0 Å². The maximum absolute atomic E-state index is 13.3. The Kier molecular flexibility index (Phi) is 8.97. The first kappa shape index (κ1) is 26.3. The second kappa shape index (κ2) is 13.0. The molecule has 3 N–H and O–H groups in total. The van der Waals surface area contributed by atoms with Crippen LogP contribution in [0.1, 0.15) is 18.1 Å². The van der Waals surface area contributed by atoms with Gasteiger partial charge in [-0.3, -0.25) is 4.90 Å². The van der Waals surface area contributed by atoms with Crippen molar-refractivity contribution in [3.63, 3.8) is 0 Å². The Morgan fingerprint density at radius 3 is 2.16 bits per heavy atom. The molecule has 4 aromatic carbocycles. The molecule has 0 aliphatic heterocycles. The van der Waals surface area contributed by atoms with Gasteiger partial charge < -0.3 is 20.7 Å². The van der Waals surface area contributed by atoms with Crippen molar-refractivity contribution in [2.45, 2.75) is 20.3 Å². The molecule has 194 valence electrons. The number of ether oxygens (including phenoxy) is 1. The molecule has 4 amide bonds. The van der Waals surface area contributed by atoms with E-state index in [-0.39, 0.29) is 25.2 Å². The molecule has 38 heavy (non-hydrogen) atoms. The summed E-state index contributed by atoms with van der Waals surface area (Å²) >= 11 is 0. The molecule has 7 nitrogen and oxygen atoms in total. The highest BCUT2D eigenvalue weighted by molar-refractivity contribution is 6.02. The summed E-state index contributed by atoms with van der Waals surface area (Å²) in [6, 6.07) is 31.5. The summed E-state index contributed by atoms with van der Waals surface area (Å²) in [5, 5.41) is 8.61. The molecule has 0 fully saturated rings. The van der Waals surface area contributed by atoms with E-state index < -0.39 is 0 Å². The fourth-order valence-electron chi connectivity index (χ4n) is 3.86. The molecule has 0 radical (unpaired) electrons. The molecule has 0 spiro atoms.